The lowest BCUT2D eigenvalue weighted by Gasteiger charge is -2.51. The van der Waals surface area contributed by atoms with Gasteiger partial charge in [0.15, 0.2) is 0 Å². The summed E-state index contributed by atoms with van der Waals surface area (Å²) in [6.45, 7) is 13.1. The number of rotatable bonds is 7. The Labute approximate surface area is 192 Å². The molecule has 0 amide bonds. The number of nitrogens with two attached hydrogens (primary N) is 1. The lowest BCUT2D eigenvalue weighted by Crippen LogP contribution is -2.58. The third-order valence-electron chi connectivity index (χ3n) is 6.97. The van der Waals surface area contributed by atoms with Gasteiger partial charge in [0.25, 0.3) is 10.2 Å². The van der Waals surface area contributed by atoms with Crippen LogP contribution in [-0.2, 0) is 21.7 Å². The first-order valence-electron chi connectivity index (χ1n) is 11.4. The standard InChI is InChI=1S/C21H36N6O3SSi/c1-21-13-25(8-5-17(21)6-10-27(14-21)31(22,28)29)19-18-7-9-26(20(18)24-15-23-19)16-30-11-12-32(2,3)4/h7,9,15,17H,5-6,8,10-14,16H2,1-4H3,(H2,22,28,29)/t17-,21+/m1/s1. The summed E-state index contributed by atoms with van der Waals surface area (Å²) in [5, 5.41) is 6.44. The summed E-state index contributed by atoms with van der Waals surface area (Å²) in [4.78, 5) is 11.4. The van der Waals surface area contributed by atoms with Gasteiger partial charge in [-0.05, 0) is 30.9 Å². The largest absolute Gasteiger partial charge is 0.361 e. The normalized spacial score (nSPS) is 25.3. The highest BCUT2D eigenvalue weighted by atomic mass is 32.2. The third kappa shape index (κ3) is 5.01. The fourth-order valence-electron chi connectivity index (χ4n) is 5.04. The Balaban J connectivity index is 1.51. The minimum Gasteiger partial charge on any atom is -0.361 e. The molecule has 0 bridgehead atoms. The molecule has 2 aliphatic heterocycles. The molecule has 32 heavy (non-hydrogen) atoms. The van der Waals surface area contributed by atoms with E-state index in [1.54, 1.807) is 6.33 Å². The summed E-state index contributed by atoms with van der Waals surface area (Å²) in [6.07, 6.45) is 5.49. The van der Waals surface area contributed by atoms with E-state index < -0.39 is 18.3 Å². The molecule has 2 fully saturated rings. The second-order valence-electron chi connectivity index (χ2n) is 10.8. The molecule has 2 aliphatic rings. The van der Waals surface area contributed by atoms with Gasteiger partial charge in [-0.15, -0.1) is 0 Å². The van der Waals surface area contributed by atoms with E-state index in [1.807, 2.05) is 10.8 Å². The van der Waals surface area contributed by atoms with Gasteiger partial charge in [-0.25, -0.2) is 15.1 Å². The van der Waals surface area contributed by atoms with Gasteiger partial charge in [-0.2, -0.15) is 12.7 Å². The number of hydrogen-bond donors (Lipinski definition) is 1. The van der Waals surface area contributed by atoms with E-state index in [4.69, 9.17) is 9.88 Å². The Hall–Kier alpha value is -1.53. The Morgan fingerprint density at radius 1 is 1.22 bits per heavy atom. The zero-order chi connectivity index (χ0) is 23.1. The number of aromatic nitrogens is 3. The van der Waals surface area contributed by atoms with Crippen LogP contribution in [0.5, 0.6) is 0 Å². The topological polar surface area (TPSA) is 107 Å². The van der Waals surface area contributed by atoms with Crippen molar-refractivity contribution >= 4 is 35.1 Å². The molecule has 2 N–H and O–H groups in total. The van der Waals surface area contributed by atoms with Gasteiger partial charge in [-0.3, -0.25) is 0 Å². The zero-order valence-corrected chi connectivity index (χ0v) is 21.4. The molecule has 0 spiro atoms. The van der Waals surface area contributed by atoms with Gasteiger partial charge in [0.05, 0.1) is 5.39 Å². The van der Waals surface area contributed by atoms with E-state index in [9.17, 15) is 8.42 Å². The molecule has 178 valence electrons. The van der Waals surface area contributed by atoms with Gasteiger partial charge in [-0.1, -0.05) is 26.6 Å². The van der Waals surface area contributed by atoms with Gasteiger partial charge < -0.3 is 14.2 Å². The lowest BCUT2D eigenvalue weighted by atomic mass is 9.69. The van der Waals surface area contributed by atoms with Gasteiger partial charge in [0, 0.05) is 52.5 Å². The minimum atomic E-state index is -3.67. The van der Waals surface area contributed by atoms with Gasteiger partial charge in [0.2, 0.25) is 0 Å². The molecule has 2 atom stereocenters. The molecule has 11 heteroatoms. The van der Waals surface area contributed by atoms with E-state index in [-0.39, 0.29) is 5.41 Å². The maximum Gasteiger partial charge on any atom is 0.276 e. The van der Waals surface area contributed by atoms with Crippen molar-refractivity contribution in [3.05, 3.63) is 18.6 Å². The number of hydrogen-bond acceptors (Lipinski definition) is 6. The second kappa shape index (κ2) is 8.67. The first-order valence-corrected chi connectivity index (χ1v) is 16.6. The van der Waals surface area contributed by atoms with Crippen LogP contribution < -0.4 is 10.0 Å². The highest BCUT2D eigenvalue weighted by molar-refractivity contribution is 7.86. The highest BCUT2D eigenvalue weighted by Crippen LogP contribution is 2.43. The quantitative estimate of drug-likeness (QED) is 0.482. The van der Waals surface area contributed by atoms with Crippen LogP contribution >= 0.6 is 0 Å². The van der Waals surface area contributed by atoms with Crippen LogP contribution in [0.4, 0.5) is 5.82 Å². The van der Waals surface area contributed by atoms with Crippen LogP contribution in [0.2, 0.25) is 25.7 Å². The van der Waals surface area contributed by atoms with Crippen LogP contribution in [0.25, 0.3) is 11.0 Å². The first kappa shape index (κ1) is 23.6. The molecular formula is C21H36N6O3SSi. The molecule has 4 heterocycles. The van der Waals surface area contributed by atoms with Crippen LogP contribution in [-0.4, -0.2) is 68.1 Å². The number of nitrogens with zero attached hydrogens (tertiary/aromatic N) is 5. The van der Waals surface area contributed by atoms with Crippen molar-refractivity contribution in [2.24, 2.45) is 16.5 Å². The third-order valence-corrected chi connectivity index (χ3v) is 9.71. The zero-order valence-electron chi connectivity index (χ0n) is 19.6. The monoisotopic (exact) mass is 480 g/mol. The average molecular weight is 481 g/mol. The Morgan fingerprint density at radius 2 is 1.97 bits per heavy atom. The second-order valence-corrected chi connectivity index (χ2v) is 18.0. The van der Waals surface area contributed by atoms with E-state index in [0.29, 0.717) is 25.7 Å². The molecule has 0 unspecified atom stereocenters. The summed E-state index contributed by atoms with van der Waals surface area (Å²) in [6, 6.07) is 3.19. The van der Waals surface area contributed by atoms with E-state index in [0.717, 1.165) is 55.4 Å². The molecule has 0 aliphatic carbocycles. The lowest BCUT2D eigenvalue weighted by molar-refractivity contribution is 0.0676. The summed E-state index contributed by atoms with van der Waals surface area (Å²) >= 11 is 0. The predicted molar refractivity (Wildman–Crippen MR) is 129 cm³/mol. The maximum absolute atomic E-state index is 12.0. The molecule has 9 nitrogen and oxygen atoms in total. The van der Waals surface area contributed by atoms with E-state index in [1.165, 1.54) is 4.31 Å². The van der Waals surface area contributed by atoms with Crippen molar-refractivity contribution in [3.8, 4) is 0 Å². The van der Waals surface area contributed by atoms with Gasteiger partial charge in [0.1, 0.15) is 24.5 Å². The van der Waals surface area contributed by atoms with Crippen molar-refractivity contribution < 1.29 is 13.2 Å². The Bertz CT molecular complexity index is 1070. The van der Waals surface area contributed by atoms with Crippen molar-refractivity contribution in [1.29, 1.82) is 0 Å². The molecule has 2 saturated heterocycles. The van der Waals surface area contributed by atoms with Gasteiger partial charge >= 0.3 is 0 Å². The number of piperidine rings is 2. The minimum absolute atomic E-state index is 0.164. The number of fused-ring (bicyclic) bond motifs is 2. The van der Waals surface area contributed by atoms with Crippen molar-refractivity contribution in [2.45, 2.75) is 52.2 Å². The van der Waals surface area contributed by atoms with Crippen LogP contribution in [0.1, 0.15) is 19.8 Å². The Kier molecular flexibility index (Phi) is 6.40. The van der Waals surface area contributed by atoms with Crippen molar-refractivity contribution in [1.82, 2.24) is 18.8 Å². The number of anilines is 1. The summed E-state index contributed by atoms with van der Waals surface area (Å²) in [5.74, 6) is 1.39. The van der Waals surface area contributed by atoms with Crippen LogP contribution in [0, 0.1) is 11.3 Å². The summed E-state index contributed by atoms with van der Waals surface area (Å²) < 4.78 is 33.3. The first-order chi connectivity index (χ1) is 15.0. The predicted octanol–water partition coefficient (Wildman–Crippen LogP) is 2.49. The highest BCUT2D eigenvalue weighted by Gasteiger charge is 2.46. The molecule has 0 aromatic carbocycles. The van der Waals surface area contributed by atoms with E-state index >= 15 is 0 Å². The SMILES string of the molecule is C[C@@]12CN(c3ncnc4c3ccn4COCC[Si](C)(C)C)CC[C@@H]1CCN(S(N)(=O)=O)C2. The summed E-state index contributed by atoms with van der Waals surface area (Å²) in [5.41, 5.74) is 0.702. The summed E-state index contributed by atoms with van der Waals surface area (Å²) in [7, 11) is -4.79. The Morgan fingerprint density at radius 3 is 2.69 bits per heavy atom. The molecule has 2 aromatic heterocycles. The molecule has 4 rings (SSSR count). The smallest absolute Gasteiger partial charge is 0.276 e. The van der Waals surface area contributed by atoms with Crippen molar-refractivity contribution in [2.75, 3.05) is 37.7 Å². The molecule has 0 radical (unpaired) electrons. The molecule has 2 aromatic rings. The van der Waals surface area contributed by atoms with E-state index in [2.05, 4.69) is 47.5 Å². The van der Waals surface area contributed by atoms with Crippen LogP contribution in [0.15, 0.2) is 18.6 Å². The maximum atomic E-state index is 12.0. The van der Waals surface area contributed by atoms with Crippen molar-refractivity contribution in [3.63, 3.8) is 0 Å². The average Bonchev–Trinajstić information content (AvgIpc) is 3.11. The fourth-order valence-corrected chi connectivity index (χ4v) is 6.64. The fraction of sp³-hybridized carbons (Fsp3) is 0.714. The number of ether oxygens (including phenoxy) is 1. The molecule has 0 saturated carbocycles. The van der Waals surface area contributed by atoms with Crippen LogP contribution in [0.3, 0.4) is 0 Å². The molecular weight excluding hydrogens is 444 g/mol.